The number of ether oxygens (including phenoxy) is 3. The number of carbonyl (C=O) groups is 1. The Kier molecular flexibility index (Phi) is 5.83. The standard InChI is InChI=1S/C18H20O4/c1-20-16-9-6-15(7-10-16)13-22-17-5-3-4-14(12-17)8-11-18(19)21-2/h3-7,9-10,12H,8,11,13H2,1-2H3. The molecule has 116 valence electrons. The average molecular weight is 300 g/mol. The van der Waals surface area contributed by atoms with Crippen molar-refractivity contribution in [3.8, 4) is 11.5 Å². The zero-order valence-corrected chi connectivity index (χ0v) is 12.9. The smallest absolute Gasteiger partial charge is 0.305 e. The number of esters is 1. The van der Waals surface area contributed by atoms with Crippen LogP contribution in [-0.4, -0.2) is 20.2 Å². The first-order valence-corrected chi connectivity index (χ1v) is 7.13. The van der Waals surface area contributed by atoms with Crippen LogP contribution in [0.25, 0.3) is 0 Å². The molecule has 0 saturated carbocycles. The summed E-state index contributed by atoms with van der Waals surface area (Å²) in [5.41, 5.74) is 2.12. The maximum Gasteiger partial charge on any atom is 0.305 e. The topological polar surface area (TPSA) is 44.8 Å². The number of rotatable bonds is 7. The summed E-state index contributed by atoms with van der Waals surface area (Å²) in [6, 6.07) is 15.5. The van der Waals surface area contributed by atoms with E-state index in [-0.39, 0.29) is 5.97 Å². The highest BCUT2D eigenvalue weighted by Gasteiger charge is 2.03. The van der Waals surface area contributed by atoms with Gasteiger partial charge >= 0.3 is 5.97 Å². The first-order chi connectivity index (χ1) is 10.7. The molecule has 4 heteroatoms. The molecule has 0 fully saturated rings. The molecule has 22 heavy (non-hydrogen) atoms. The van der Waals surface area contributed by atoms with Gasteiger partial charge in [-0.05, 0) is 41.8 Å². The zero-order chi connectivity index (χ0) is 15.8. The molecule has 0 aliphatic carbocycles. The molecule has 0 bridgehead atoms. The van der Waals surface area contributed by atoms with E-state index in [9.17, 15) is 4.79 Å². The van der Waals surface area contributed by atoms with E-state index in [1.54, 1.807) is 7.11 Å². The Balaban J connectivity index is 1.90. The highest BCUT2D eigenvalue weighted by atomic mass is 16.5. The van der Waals surface area contributed by atoms with Crippen LogP contribution in [0, 0.1) is 0 Å². The summed E-state index contributed by atoms with van der Waals surface area (Å²) in [7, 11) is 3.04. The van der Waals surface area contributed by atoms with Gasteiger partial charge in [0.25, 0.3) is 0 Å². The second-order valence-electron chi connectivity index (χ2n) is 4.86. The number of benzene rings is 2. The maximum absolute atomic E-state index is 11.2. The van der Waals surface area contributed by atoms with Gasteiger partial charge in [-0.3, -0.25) is 4.79 Å². The van der Waals surface area contributed by atoms with Crippen molar-refractivity contribution in [2.75, 3.05) is 14.2 Å². The molecule has 2 rings (SSSR count). The molecule has 0 aliphatic rings. The summed E-state index contributed by atoms with van der Waals surface area (Å²) < 4.78 is 15.6. The van der Waals surface area contributed by atoms with Crippen LogP contribution >= 0.6 is 0 Å². The summed E-state index contributed by atoms with van der Waals surface area (Å²) in [4.78, 5) is 11.2. The lowest BCUT2D eigenvalue weighted by Crippen LogP contribution is -2.02. The normalized spacial score (nSPS) is 10.1. The molecule has 0 amide bonds. The van der Waals surface area contributed by atoms with Crippen LogP contribution in [-0.2, 0) is 22.6 Å². The Bertz CT molecular complexity index is 605. The fraction of sp³-hybridized carbons (Fsp3) is 0.278. The minimum atomic E-state index is -0.204. The number of aryl methyl sites for hydroxylation is 1. The highest BCUT2D eigenvalue weighted by molar-refractivity contribution is 5.69. The molecule has 0 radical (unpaired) electrons. The van der Waals surface area contributed by atoms with Crippen LogP contribution in [0.4, 0.5) is 0 Å². The largest absolute Gasteiger partial charge is 0.497 e. The molecule has 0 aliphatic heterocycles. The third-order valence-electron chi connectivity index (χ3n) is 3.31. The molecular weight excluding hydrogens is 280 g/mol. The lowest BCUT2D eigenvalue weighted by molar-refractivity contribution is -0.140. The van der Waals surface area contributed by atoms with Gasteiger partial charge in [-0.15, -0.1) is 0 Å². The van der Waals surface area contributed by atoms with Gasteiger partial charge in [-0.1, -0.05) is 24.3 Å². The first kappa shape index (κ1) is 15.9. The van der Waals surface area contributed by atoms with Gasteiger partial charge in [-0.2, -0.15) is 0 Å². The molecule has 2 aromatic rings. The molecular formula is C18H20O4. The molecule has 0 spiro atoms. The predicted octanol–water partition coefficient (Wildman–Crippen LogP) is 3.38. The Morgan fingerprint density at radius 2 is 1.73 bits per heavy atom. The number of hydrogen-bond acceptors (Lipinski definition) is 4. The minimum absolute atomic E-state index is 0.204. The van der Waals surface area contributed by atoms with Crippen LogP contribution < -0.4 is 9.47 Å². The summed E-state index contributed by atoms with van der Waals surface area (Å²) in [6.07, 6.45) is 1.02. The fourth-order valence-corrected chi connectivity index (χ4v) is 2.03. The lowest BCUT2D eigenvalue weighted by Gasteiger charge is -2.08. The number of carbonyl (C=O) groups excluding carboxylic acids is 1. The SMILES string of the molecule is COC(=O)CCc1cccc(OCc2ccc(OC)cc2)c1. The van der Waals surface area contributed by atoms with Gasteiger partial charge in [0.1, 0.15) is 18.1 Å². The molecule has 0 heterocycles. The summed E-state index contributed by atoms with van der Waals surface area (Å²) in [5, 5.41) is 0. The van der Waals surface area contributed by atoms with Crippen molar-refractivity contribution in [1.82, 2.24) is 0 Å². The summed E-state index contributed by atoms with van der Waals surface area (Å²) >= 11 is 0. The lowest BCUT2D eigenvalue weighted by atomic mass is 10.1. The highest BCUT2D eigenvalue weighted by Crippen LogP contribution is 2.17. The van der Waals surface area contributed by atoms with E-state index in [0.29, 0.717) is 19.4 Å². The Morgan fingerprint density at radius 1 is 0.955 bits per heavy atom. The van der Waals surface area contributed by atoms with Gasteiger partial charge < -0.3 is 14.2 Å². The van der Waals surface area contributed by atoms with Crippen LogP contribution in [0.1, 0.15) is 17.5 Å². The van der Waals surface area contributed by atoms with Crippen LogP contribution in [0.15, 0.2) is 48.5 Å². The zero-order valence-electron chi connectivity index (χ0n) is 12.9. The maximum atomic E-state index is 11.2. The van der Waals surface area contributed by atoms with Crippen molar-refractivity contribution in [1.29, 1.82) is 0 Å². The third kappa shape index (κ3) is 4.81. The van der Waals surface area contributed by atoms with Gasteiger partial charge in [-0.25, -0.2) is 0 Å². The molecule has 0 atom stereocenters. The molecule has 0 saturated heterocycles. The summed E-state index contributed by atoms with van der Waals surface area (Å²) in [6.45, 7) is 0.491. The van der Waals surface area contributed by atoms with Crippen molar-refractivity contribution in [2.24, 2.45) is 0 Å². The van der Waals surface area contributed by atoms with E-state index in [0.717, 1.165) is 22.6 Å². The summed E-state index contributed by atoms with van der Waals surface area (Å²) in [5.74, 6) is 1.41. The van der Waals surface area contributed by atoms with Gasteiger partial charge in [0, 0.05) is 6.42 Å². The number of hydrogen-bond donors (Lipinski definition) is 0. The second-order valence-corrected chi connectivity index (χ2v) is 4.86. The average Bonchev–Trinajstić information content (AvgIpc) is 2.58. The van der Waals surface area contributed by atoms with E-state index in [4.69, 9.17) is 9.47 Å². The molecule has 4 nitrogen and oxygen atoms in total. The first-order valence-electron chi connectivity index (χ1n) is 7.13. The quantitative estimate of drug-likeness (QED) is 0.735. The second kappa shape index (κ2) is 8.08. The van der Waals surface area contributed by atoms with E-state index < -0.39 is 0 Å². The molecule has 0 unspecified atom stereocenters. The van der Waals surface area contributed by atoms with Crippen molar-refractivity contribution in [3.05, 3.63) is 59.7 Å². The predicted molar refractivity (Wildman–Crippen MR) is 84.1 cm³/mol. The van der Waals surface area contributed by atoms with Crippen molar-refractivity contribution in [3.63, 3.8) is 0 Å². The molecule has 2 aromatic carbocycles. The van der Waals surface area contributed by atoms with E-state index in [1.807, 2.05) is 48.5 Å². The third-order valence-corrected chi connectivity index (χ3v) is 3.31. The molecule has 0 N–H and O–H groups in total. The van der Waals surface area contributed by atoms with Crippen molar-refractivity contribution >= 4 is 5.97 Å². The fourth-order valence-electron chi connectivity index (χ4n) is 2.03. The van der Waals surface area contributed by atoms with Crippen LogP contribution in [0.3, 0.4) is 0 Å². The van der Waals surface area contributed by atoms with E-state index in [2.05, 4.69) is 4.74 Å². The van der Waals surface area contributed by atoms with E-state index in [1.165, 1.54) is 7.11 Å². The van der Waals surface area contributed by atoms with E-state index >= 15 is 0 Å². The Morgan fingerprint density at radius 3 is 2.41 bits per heavy atom. The Hall–Kier alpha value is -2.49. The number of methoxy groups -OCH3 is 2. The van der Waals surface area contributed by atoms with Gasteiger partial charge in [0.15, 0.2) is 0 Å². The molecule has 0 aromatic heterocycles. The van der Waals surface area contributed by atoms with Crippen molar-refractivity contribution in [2.45, 2.75) is 19.4 Å². The van der Waals surface area contributed by atoms with Gasteiger partial charge in [0.2, 0.25) is 0 Å². The van der Waals surface area contributed by atoms with Crippen LogP contribution in [0.5, 0.6) is 11.5 Å². The van der Waals surface area contributed by atoms with Crippen LogP contribution in [0.2, 0.25) is 0 Å². The van der Waals surface area contributed by atoms with Gasteiger partial charge in [0.05, 0.1) is 14.2 Å². The Labute approximate surface area is 130 Å². The minimum Gasteiger partial charge on any atom is -0.497 e. The van der Waals surface area contributed by atoms with Crippen molar-refractivity contribution < 1.29 is 19.0 Å². The monoisotopic (exact) mass is 300 g/mol.